The summed E-state index contributed by atoms with van der Waals surface area (Å²) in [7, 11) is 0. The summed E-state index contributed by atoms with van der Waals surface area (Å²) in [5.74, 6) is 1.91. The van der Waals surface area contributed by atoms with Crippen LogP contribution in [0.2, 0.25) is 0 Å². The number of nitrogens with zero attached hydrogens (tertiary/aromatic N) is 2. The van der Waals surface area contributed by atoms with Crippen molar-refractivity contribution >= 4 is 41.0 Å². The standard InChI is InChI=1S/C22H29N3O2S.ClH/c1-2-3-4-8-24-9-11-25(12-10-24)22(27)16-5-6-20-18(14-16)17-7-13-28-15-19(17)21(26)23-20;/h5-6,14H,2-4,7-13,15H2,1H3,(H,23,26);1H. The number of benzene rings is 1. The molecule has 1 amide bonds. The predicted molar refractivity (Wildman–Crippen MR) is 124 cm³/mol. The molecule has 158 valence electrons. The Kier molecular flexibility index (Phi) is 7.66. The van der Waals surface area contributed by atoms with Crippen LogP contribution in [0.5, 0.6) is 0 Å². The van der Waals surface area contributed by atoms with Crippen molar-refractivity contribution in [3.63, 3.8) is 0 Å². The van der Waals surface area contributed by atoms with E-state index in [-0.39, 0.29) is 23.9 Å². The van der Waals surface area contributed by atoms with Crippen LogP contribution >= 0.6 is 24.2 Å². The molecular weight excluding hydrogens is 406 g/mol. The van der Waals surface area contributed by atoms with Crippen molar-refractivity contribution in [1.82, 2.24) is 14.8 Å². The number of aromatic nitrogens is 1. The lowest BCUT2D eigenvalue weighted by Gasteiger charge is -2.34. The van der Waals surface area contributed by atoms with Crippen LogP contribution in [0.1, 0.15) is 47.7 Å². The van der Waals surface area contributed by atoms with Crippen LogP contribution in [-0.4, -0.2) is 59.2 Å². The lowest BCUT2D eigenvalue weighted by atomic mass is 9.99. The first-order chi connectivity index (χ1) is 13.7. The average Bonchev–Trinajstić information content (AvgIpc) is 2.74. The molecule has 1 N–H and O–H groups in total. The topological polar surface area (TPSA) is 56.4 Å². The molecular formula is C22H30ClN3O2S. The zero-order valence-electron chi connectivity index (χ0n) is 17.0. The number of aromatic amines is 1. The largest absolute Gasteiger partial charge is 0.336 e. The molecule has 2 aromatic rings. The highest BCUT2D eigenvalue weighted by molar-refractivity contribution is 7.98. The molecule has 1 aromatic heterocycles. The second kappa shape index (κ2) is 10.0. The van der Waals surface area contributed by atoms with Crippen molar-refractivity contribution in [2.45, 2.75) is 38.4 Å². The second-order valence-corrected chi connectivity index (χ2v) is 8.92. The number of pyridine rings is 1. The number of halogens is 1. The molecule has 0 aliphatic carbocycles. The number of amides is 1. The summed E-state index contributed by atoms with van der Waals surface area (Å²) in [6, 6.07) is 5.75. The number of fused-ring (bicyclic) bond motifs is 3. The van der Waals surface area contributed by atoms with Crippen molar-refractivity contribution in [2.24, 2.45) is 0 Å². The van der Waals surface area contributed by atoms with Gasteiger partial charge in [-0.3, -0.25) is 14.5 Å². The van der Waals surface area contributed by atoms with Crippen molar-refractivity contribution in [3.8, 4) is 0 Å². The molecule has 0 spiro atoms. The summed E-state index contributed by atoms with van der Waals surface area (Å²) in [5.41, 5.74) is 3.61. The Morgan fingerprint density at radius 1 is 1.14 bits per heavy atom. The summed E-state index contributed by atoms with van der Waals surface area (Å²) in [6.45, 7) is 6.88. The zero-order valence-corrected chi connectivity index (χ0v) is 18.7. The number of nitrogens with one attached hydrogen (secondary N) is 1. The van der Waals surface area contributed by atoms with Gasteiger partial charge in [0.15, 0.2) is 0 Å². The van der Waals surface area contributed by atoms with Gasteiger partial charge in [0, 0.05) is 54.0 Å². The van der Waals surface area contributed by atoms with Gasteiger partial charge < -0.3 is 9.88 Å². The van der Waals surface area contributed by atoms with Crippen molar-refractivity contribution in [3.05, 3.63) is 45.2 Å². The third kappa shape index (κ3) is 4.81. The fourth-order valence-electron chi connectivity index (χ4n) is 4.26. The molecule has 0 saturated carbocycles. The lowest BCUT2D eigenvalue weighted by molar-refractivity contribution is 0.0635. The van der Waals surface area contributed by atoms with Crippen LogP contribution in [0.4, 0.5) is 0 Å². The maximum absolute atomic E-state index is 13.1. The minimum Gasteiger partial charge on any atom is -0.336 e. The molecule has 0 bridgehead atoms. The fraction of sp³-hybridized carbons (Fsp3) is 0.545. The summed E-state index contributed by atoms with van der Waals surface area (Å²) >= 11 is 1.80. The van der Waals surface area contributed by atoms with Gasteiger partial charge in [-0.25, -0.2) is 0 Å². The van der Waals surface area contributed by atoms with E-state index in [1.54, 1.807) is 11.8 Å². The quantitative estimate of drug-likeness (QED) is 0.728. The highest BCUT2D eigenvalue weighted by Crippen LogP contribution is 2.28. The third-order valence-corrected chi connectivity index (χ3v) is 6.94. The maximum atomic E-state index is 13.1. The Hall–Kier alpha value is -1.50. The highest BCUT2D eigenvalue weighted by Gasteiger charge is 2.23. The smallest absolute Gasteiger partial charge is 0.253 e. The summed E-state index contributed by atoms with van der Waals surface area (Å²) in [5, 5.41) is 1.04. The Balaban J connectivity index is 0.00000240. The number of unbranched alkanes of at least 4 members (excludes halogenated alkanes) is 2. The SMILES string of the molecule is CCCCCN1CCN(C(=O)c2ccc3[nH]c(=O)c4c(c3c2)CCSC4)CC1.Cl. The number of carbonyl (C=O) groups excluding carboxylic acids is 1. The van der Waals surface area contributed by atoms with Crippen LogP contribution in [0.25, 0.3) is 10.9 Å². The van der Waals surface area contributed by atoms with E-state index in [9.17, 15) is 9.59 Å². The first-order valence-corrected chi connectivity index (χ1v) is 11.6. The molecule has 0 unspecified atom stereocenters. The normalized spacial score (nSPS) is 17.1. The van der Waals surface area contributed by atoms with Gasteiger partial charge in [-0.05, 0) is 48.9 Å². The van der Waals surface area contributed by atoms with Crippen LogP contribution in [-0.2, 0) is 12.2 Å². The number of thioether (sulfide) groups is 1. The molecule has 7 heteroatoms. The highest BCUT2D eigenvalue weighted by atomic mass is 35.5. The molecule has 2 aliphatic heterocycles. The predicted octanol–water partition coefficient (Wildman–Crippen LogP) is 3.69. The molecule has 1 saturated heterocycles. The second-order valence-electron chi connectivity index (χ2n) is 7.82. The number of hydrogen-bond acceptors (Lipinski definition) is 4. The Bertz CT molecular complexity index is 922. The van der Waals surface area contributed by atoms with Gasteiger partial charge in [0.05, 0.1) is 0 Å². The molecule has 5 nitrogen and oxygen atoms in total. The van der Waals surface area contributed by atoms with Crippen LogP contribution in [0, 0.1) is 0 Å². The van der Waals surface area contributed by atoms with E-state index in [2.05, 4.69) is 16.8 Å². The minimum absolute atomic E-state index is 0. The van der Waals surface area contributed by atoms with E-state index in [0.29, 0.717) is 0 Å². The number of rotatable bonds is 5. The van der Waals surface area contributed by atoms with E-state index in [4.69, 9.17) is 0 Å². The molecule has 1 fully saturated rings. The van der Waals surface area contributed by atoms with Crippen LogP contribution < -0.4 is 5.56 Å². The monoisotopic (exact) mass is 435 g/mol. The molecule has 2 aliphatic rings. The van der Waals surface area contributed by atoms with Crippen molar-refractivity contribution in [1.29, 1.82) is 0 Å². The fourth-order valence-corrected chi connectivity index (χ4v) is 5.26. The van der Waals surface area contributed by atoms with Crippen molar-refractivity contribution < 1.29 is 4.79 Å². The van der Waals surface area contributed by atoms with E-state index in [1.165, 1.54) is 19.3 Å². The number of hydrogen-bond donors (Lipinski definition) is 1. The summed E-state index contributed by atoms with van der Waals surface area (Å²) < 4.78 is 0. The molecule has 3 heterocycles. The van der Waals surface area contributed by atoms with Gasteiger partial charge in [-0.2, -0.15) is 11.8 Å². The van der Waals surface area contributed by atoms with Gasteiger partial charge in [0.25, 0.3) is 11.5 Å². The third-order valence-electron chi connectivity index (χ3n) is 5.96. The van der Waals surface area contributed by atoms with Gasteiger partial charge in [0.1, 0.15) is 0 Å². The lowest BCUT2D eigenvalue weighted by Crippen LogP contribution is -2.48. The van der Waals surface area contributed by atoms with E-state index < -0.39 is 0 Å². The number of piperazine rings is 1. The molecule has 29 heavy (non-hydrogen) atoms. The summed E-state index contributed by atoms with van der Waals surface area (Å²) in [6.07, 6.45) is 4.67. The first kappa shape index (κ1) is 22.2. The van der Waals surface area contributed by atoms with Gasteiger partial charge in [0.2, 0.25) is 0 Å². The zero-order chi connectivity index (χ0) is 19.5. The Labute approximate surface area is 182 Å². The Morgan fingerprint density at radius 3 is 2.69 bits per heavy atom. The molecule has 4 rings (SSSR count). The number of H-pyrrole nitrogens is 1. The molecule has 0 radical (unpaired) electrons. The van der Waals surface area contributed by atoms with E-state index in [1.807, 2.05) is 23.1 Å². The van der Waals surface area contributed by atoms with Gasteiger partial charge >= 0.3 is 0 Å². The molecule has 1 aromatic carbocycles. The average molecular weight is 436 g/mol. The Morgan fingerprint density at radius 2 is 1.93 bits per heavy atom. The number of carbonyl (C=O) groups is 1. The van der Waals surface area contributed by atoms with E-state index in [0.717, 1.165) is 78.2 Å². The van der Waals surface area contributed by atoms with Crippen LogP contribution in [0.3, 0.4) is 0 Å². The summed E-state index contributed by atoms with van der Waals surface area (Å²) in [4.78, 5) is 32.8. The van der Waals surface area contributed by atoms with Crippen molar-refractivity contribution in [2.75, 3.05) is 38.5 Å². The molecule has 0 atom stereocenters. The number of aryl methyl sites for hydroxylation is 1. The first-order valence-electron chi connectivity index (χ1n) is 10.4. The van der Waals surface area contributed by atoms with E-state index >= 15 is 0 Å². The van der Waals surface area contributed by atoms with Gasteiger partial charge in [-0.1, -0.05) is 19.8 Å². The van der Waals surface area contributed by atoms with Crippen LogP contribution in [0.15, 0.2) is 23.0 Å². The maximum Gasteiger partial charge on any atom is 0.253 e. The van der Waals surface area contributed by atoms with Gasteiger partial charge in [-0.15, -0.1) is 12.4 Å². The minimum atomic E-state index is 0.